The topological polar surface area (TPSA) is 119 Å². The van der Waals surface area contributed by atoms with Crippen LogP contribution in [0.2, 0.25) is 0 Å². The van der Waals surface area contributed by atoms with Crippen LogP contribution < -0.4 is 4.90 Å². The van der Waals surface area contributed by atoms with E-state index in [2.05, 4.69) is 25.0 Å². The minimum absolute atomic E-state index is 0.0347. The zero-order valence-corrected chi connectivity index (χ0v) is 17.5. The predicted molar refractivity (Wildman–Crippen MR) is 119 cm³/mol. The molecule has 0 aliphatic carbocycles. The Morgan fingerprint density at radius 1 is 0.848 bits per heavy atom. The van der Waals surface area contributed by atoms with Gasteiger partial charge in [0.2, 0.25) is 5.88 Å². The molecule has 6 heterocycles. The summed E-state index contributed by atoms with van der Waals surface area (Å²) in [5, 5.41) is 20.0. The van der Waals surface area contributed by atoms with Crippen LogP contribution in [0, 0.1) is 0 Å². The van der Waals surface area contributed by atoms with Gasteiger partial charge in [0.05, 0.1) is 24.6 Å². The van der Waals surface area contributed by atoms with Crippen LogP contribution in [0.4, 0.5) is 5.82 Å². The molecule has 1 aliphatic rings. The number of anilines is 1. The Labute approximate surface area is 188 Å². The summed E-state index contributed by atoms with van der Waals surface area (Å²) in [6.07, 6.45) is 8.21. The van der Waals surface area contributed by atoms with E-state index in [4.69, 9.17) is 14.8 Å². The molecule has 0 unspecified atom stereocenters. The highest BCUT2D eigenvalue weighted by atomic mass is 16.5. The van der Waals surface area contributed by atoms with E-state index in [1.807, 2.05) is 28.8 Å². The first-order chi connectivity index (χ1) is 16.3. The van der Waals surface area contributed by atoms with Crippen LogP contribution in [0.1, 0.15) is 0 Å². The van der Waals surface area contributed by atoms with Crippen molar-refractivity contribution in [2.45, 2.75) is 0 Å². The monoisotopic (exact) mass is 441 g/mol. The van der Waals surface area contributed by atoms with Crippen molar-refractivity contribution in [2.24, 2.45) is 0 Å². The summed E-state index contributed by atoms with van der Waals surface area (Å²) in [6.45, 7) is 2.70. The van der Waals surface area contributed by atoms with Crippen molar-refractivity contribution in [3.8, 4) is 34.2 Å². The molecule has 0 atom stereocenters. The average molecular weight is 441 g/mol. The molecule has 1 fully saturated rings. The summed E-state index contributed by atoms with van der Waals surface area (Å²) in [5.74, 6) is 1.29. The van der Waals surface area contributed by atoms with Crippen molar-refractivity contribution in [2.75, 3.05) is 31.2 Å². The van der Waals surface area contributed by atoms with E-state index in [0.29, 0.717) is 35.9 Å². The lowest BCUT2D eigenvalue weighted by Gasteiger charge is -2.29. The fourth-order valence-corrected chi connectivity index (χ4v) is 3.85. The molecule has 1 N–H and O–H groups in total. The third kappa shape index (κ3) is 3.53. The molecule has 6 rings (SSSR count). The zero-order valence-electron chi connectivity index (χ0n) is 17.5. The lowest BCUT2D eigenvalue weighted by molar-refractivity contribution is 0.122. The van der Waals surface area contributed by atoms with Crippen LogP contribution in [-0.4, -0.2) is 70.7 Å². The van der Waals surface area contributed by atoms with Gasteiger partial charge in [-0.1, -0.05) is 0 Å². The number of hydrogen-bond acceptors (Lipinski definition) is 9. The number of ether oxygens (including phenoxy) is 1. The van der Waals surface area contributed by atoms with E-state index in [9.17, 15) is 5.11 Å². The van der Waals surface area contributed by atoms with Crippen molar-refractivity contribution in [1.82, 2.24) is 39.3 Å². The maximum Gasteiger partial charge on any atom is 0.216 e. The first-order valence-electron chi connectivity index (χ1n) is 10.4. The lowest BCUT2D eigenvalue weighted by Crippen LogP contribution is -2.37. The molecule has 0 aromatic carbocycles. The normalized spacial score (nSPS) is 14.1. The molecule has 164 valence electrons. The first kappa shape index (κ1) is 19.3. The molecule has 0 bridgehead atoms. The second kappa shape index (κ2) is 7.95. The smallest absolute Gasteiger partial charge is 0.216 e. The van der Waals surface area contributed by atoms with Gasteiger partial charge in [-0.25, -0.2) is 15.0 Å². The Bertz CT molecular complexity index is 1410. The van der Waals surface area contributed by atoms with Crippen LogP contribution in [-0.2, 0) is 4.74 Å². The van der Waals surface area contributed by atoms with Crippen LogP contribution in [0.3, 0.4) is 0 Å². The highest BCUT2D eigenvalue weighted by Gasteiger charge is 2.20. The highest BCUT2D eigenvalue weighted by Crippen LogP contribution is 2.28. The van der Waals surface area contributed by atoms with Gasteiger partial charge in [-0.2, -0.15) is 19.4 Å². The van der Waals surface area contributed by atoms with Gasteiger partial charge in [0.1, 0.15) is 12.1 Å². The van der Waals surface area contributed by atoms with E-state index < -0.39 is 0 Å². The highest BCUT2D eigenvalue weighted by molar-refractivity contribution is 5.67. The van der Waals surface area contributed by atoms with Crippen LogP contribution in [0.25, 0.3) is 34.0 Å². The second-order valence-electron chi connectivity index (χ2n) is 7.53. The molecule has 5 aromatic rings. The molecule has 5 aromatic heterocycles. The fraction of sp³-hybridized carbons (Fsp3) is 0.182. The number of aromatic nitrogens is 8. The van der Waals surface area contributed by atoms with Crippen molar-refractivity contribution in [1.29, 1.82) is 0 Å². The third-order valence-electron chi connectivity index (χ3n) is 5.47. The Morgan fingerprint density at radius 3 is 2.39 bits per heavy atom. The Morgan fingerprint density at radius 2 is 1.61 bits per heavy atom. The van der Waals surface area contributed by atoms with Gasteiger partial charge < -0.3 is 14.7 Å². The molecule has 0 amide bonds. The van der Waals surface area contributed by atoms with Crippen LogP contribution >= 0.6 is 0 Å². The summed E-state index contributed by atoms with van der Waals surface area (Å²) in [5.41, 5.74) is 3.61. The number of hydrogen-bond donors (Lipinski definition) is 1. The van der Waals surface area contributed by atoms with Gasteiger partial charge in [0, 0.05) is 67.2 Å². The van der Waals surface area contributed by atoms with E-state index in [1.54, 1.807) is 30.9 Å². The van der Waals surface area contributed by atoms with Crippen molar-refractivity contribution < 1.29 is 9.84 Å². The number of morpholine rings is 1. The number of fused-ring (bicyclic) bond motifs is 1. The fourth-order valence-electron chi connectivity index (χ4n) is 3.85. The predicted octanol–water partition coefficient (Wildman–Crippen LogP) is 1.98. The molecular weight excluding hydrogens is 422 g/mol. The first-order valence-corrected chi connectivity index (χ1v) is 10.4. The maximum atomic E-state index is 10.7. The second-order valence-corrected chi connectivity index (χ2v) is 7.53. The van der Waals surface area contributed by atoms with Crippen molar-refractivity contribution in [3.63, 3.8) is 0 Å². The minimum Gasteiger partial charge on any atom is -0.493 e. The molecular formula is C22H19N9O2. The zero-order chi connectivity index (χ0) is 22.2. The number of nitrogens with zero attached hydrogens (tertiary/aromatic N) is 9. The Hall–Kier alpha value is -4.38. The summed E-state index contributed by atoms with van der Waals surface area (Å²) in [4.78, 5) is 19.1. The number of aromatic hydroxyl groups is 1. The van der Waals surface area contributed by atoms with Gasteiger partial charge in [0.25, 0.3) is 0 Å². The summed E-state index contributed by atoms with van der Waals surface area (Å²) in [6, 6.07) is 9.17. The summed E-state index contributed by atoms with van der Waals surface area (Å²) < 4.78 is 8.76. The number of pyridine rings is 1. The molecule has 11 nitrogen and oxygen atoms in total. The SMILES string of the molecule is Oc1cc(-c2cncnc2)nn1-c1cc(N2CCOCC2)n2nc(-c3ccncc3)cc2n1. The Balaban J connectivity index is 1.51. The molecule has 11 heteroatoms. The minimum atomic E-state index is -0.0347. The lowest BCUT2D eigenvalue weighted by atomic mass is 10.2. The molecule has 0 spiro atoms. The van der Waals surface area contributed by atoms with E-state index in [1.165, 1.54) is 11.0 Å². The molecule has 0 radical (unpaired) electrons. The van der Waals surface area contributed by atoms with Crippen LogP contribution in [0.5, 0.6) is 5.88 Å². The molecule has 33 heavy (non-hydrogen) atoms. The van der Waals surface area contributed by atoms with Gasteiger partial charge in [-0.15, -0.1) is 0 Å². The molecule has 0 saturated carbocycles. The maximum absolute atomic E-state index is 10.7. The largest absolute Gasteiger partial charge is 0.493 e. The average Bonchev–Trinajstić information content (AvgIpc) is 3.49. The van der Waals surface area contributed by atoms with Gasteiger partial charge in [-0.05, 0) is 12.1 Å². The molecule has 1 saturated heterocycles. The van der Waals surface area contributed by atoms with Crippen molar-refractivity contribution in [3.05, 3.63) is 61.4 Å². The quantitative estimate of drug-likeness (QED) is 0.446. The van der Waals surface area contributed by atoms with E-state index in [-0.39, 0.29) is 5.88 Å². The van der Waals surface area contributed by atoms with E-state index in [0.717, 1.165) is 30.2 Å². The van der Waals surface area contributed by atoms with Gasteiger partial charge in [-0.3, -0.25) is 4.98 Å². The summed E-state index contributed by atoms with van der Waals surface area (Å²) >= 11 is 0. The van der Waals surface area contributed by atoms with Gasteiger partial charge in [0.15, 0.2) is 11.5 Å². The molecule has 1 aliphatic heterocycles. The van der Waals surface area contributed by atoms with E-state index >= 15 is 0 Å². The summed E-state index contributed by atoms with van der Waals surface area (Å²) in [7, 11) is 0. The number of rotatable bonds is 4. The standard InChI is InChI=1S/C22H19N9O2/c32-22-10-18(16-12-24-14-25-13-16)28-31(22)20-11-21(29-5-7-33-8-6-29)30-19(26-20)9-17(27-30)15-1-3-23-4-2-15/h1-4,9-14,32H,5-8H2. The van der Waals surface area contributed by atoms with Crippen LogP contribution in [0.15, 0.2) is 61.4 Å². The van der Waals surface area contributed by atoms with Gasteiger partial charge >= 0.3 is 0 Å². The van der Waals surface area contributed by atoms with Crippen molar-refractivity contribution >= 4 is 11.5 Å². The Kier molecular flexibility index (Phi) is 4.65. The third-order valence-corrected chi connectivity index (χ3v) is 5.47.